The van der Waals surface area contributed by atoms with Crippen molar-refractivity contribution in [3.63, 3.8) is 0 Å². The third-order valence-electron chi connectivity index (χ3n) is 2.32. The van der Waals surface area contributed by atoms with Gasteiger partial charge in [-0.3, -0.25) is 0 Å². The molecule has 0 aliphatic carbocycles. The molecular formula is C11H20ClNO2. The summed E-state index contributed by atoms with van der Waals surface area (Å²) in [5.74, 6) is 1.37. The van der Waals surface area contributed by atoms with Crippen molar-refractivity contribution in [2.45, 2.75) is 45.3 Å². The van der Waals surface area contributed by atoms with E-state index in [1.807, 2.05) is 6.07 Å². The van der Waals surface area contributed by atoms with Gasteiger partial charge >= 0.3 is 0 Å². The summed E-state index contributed by atoms with van der Waals surface area (Å²) >= 11 is 0. The molecule has 0 fully saturated rings. The van der Waals surface area contributed by atoms with Crippen molar-refractivity contribution in [2.24, 2.45) is 5.73 Å². The van der Waals surface area contributed by atoms with Crippen LogP contribution in [0.2, 0.25) is 0 Å². The molecule has 0 radical (unpaired) electrons. The largest absolute Gasteiger partial charge is 0.462 e. The Labute approximate surface area is 97.1 Å². The van der Waals surface area contributed by atoms with E-state index in [4.69, 9.17) is 15.3 Å². The predicted octanol–water partition coefficient (Wildman–Crippen LogP) is 2.77. The summed E-state index contributed by atoms with van der Waals surface area (Å²) in [4.78, 5) is 0. The van der Waals surface area contributed by atoms with Crippen molar-refractivity contribution in [1.29, 1.82) is 0 Å². The van der Waals surface area contributed by atoms with E-state index >= 15 is 0 Å². The molecule has 0 saturated carbocycles. The molecular weight excluding hydrogens is 214 g/mol. The van der Waals surface area contributed by atoms with Gasteiger partial charge in [-0.05, 0) is 18.6 Å². The lowest BCUT2D eigenvalue weighted by atomic mass is 10.1. The minimum absolute atomic E-state index is 0. The van der Waals surface area contributed by atoms with Gasteiger partial charge < -0.3 is 15.3 Å². The Hall–Kier alpha value is -0.510. The first-order chi connectivity index (χ1) is 6.77. The number of halogens is 1. The highest BCUT2D eigenvalue weighted by Crippen LogP contribution is 2.19. The summed E-state index contributed by atoms with van der Waals surface area (Å²) in [5.41, 5.74) is 5.93. The Morgan fingerprint density at radius 1 is 1.40 bits per heavy atom. The Morgan fingerprint density at radius 3 is 2.67 bits per heavy atom. The van der Waals surface area contributed by atoms with E-state index in [1.165, 1.54) is 12.8 Å². The molecule has 15 heavy (non-hydrogen) atoms. The summed E-state index contributed by atoms with van der Waals surface area (Å²) < 4.78 is 5.35. The van der Waals surface area contributed by atoms with Gasteiger partial charge in [0.25, 0.3) is 0 Å². The number of rotatable bonds is 6. The molecule has 0 aliphatic heterocycles. The monoisotopic (exact) mass is 233 g/mol. The van der Waals surface area contributed by atoms with Crippen molar-refractivity contribution in [3.05, 3.63) is 23.7 Å². The Bertz CT molecular complexity index is 263. The van der Waals surface area contributed by atoms with Crippen molar-refractivity contribution < 1.29 is 9.52 Å². The molecule has 0 unspecified atom stereocenters. The van der Waals surface area contributed by atoms with Gasteiger partial charge in [-0.1, -0.05) is 26.2 Å². The topological polar surface area (TPSA) is 59.4 Å². The average molecular weight is 234 g/mol. The van der Waals surface area contributed by atoms with Gasteiger partial charge in [0.15, 0.2) is 0 Å². The summed E-state index contributed by atoms with van der Waals surface area (Å²) in [6, 6.07) is 3.60. The van der Waals surface area contributed by atoms with E-state index in [0.717, 1.165) is 18.6 Å². The molecule has 3 nitrogen and oxygen atoms in total. The smallest absolute Gasteiger partial charge is 0.129 e. The number of aliphatic hydroxyl groups excluding tert-OH is 1. The molecule has 0 spiro atoms. The maximum absolute atomic E-state index is 8.81. The second-order valence-corrected chi connectivity index (χ2v) is 3.56. The zero-order chi connectivity index (χ0) is 10.4. The molecule has 0 bridgehead atoms. The van der Waals surface area contributed by atoms with Crippen LogP contribution >= 0.6 is 12.4 Å². The standard InChI is InChI=1S/C11H19NO2.ClH/c1-2-3-4-5-10(12)11-7-6-9(8-13)14-11;/h6-7,10,13H,2-5,8,12H2,1H3;1H/t10-;/m1./s1. The molecule has 1 rings (SSSR count). The molecule has 1 aromatic heterocycles. The van der Waals surface area contributed by atoms with Crippen LogP contribution in [-0.2, 0) is 6.61 Å². The first kappa shape index (κ1) is 14.5. The molecule has 4 heteroatoms. The summed E-state index contributed by atoms with van der Waals surface area (Å²) in [5, 5.41) is 8.81. The SMILES string of the molecule is CCCCC[C@@H](N)c1ccc(CO)o1.Cl. The van der Waals surface area contributed by atoms with Crippen LogP contribution in [0.1, 0.15) is 50.2 Å². The van der Waals surface area contributed by atoms with Gasteiger partial charge in [0.1, 0.15) is 18.1 Å². The van der Waals surface area contributed by atoms with Crippen LogP contribution in [0.15, 0.2) is 16.5 Å². The van der Waals surface area contributed by atoms with Gasteiger partial charge in [0, 0.05) is 0 Å². The van der Waals surface area contributed by atoms with E-state index in [9.17, 15) is 0 Å². The van der Waals surface area contributed by atoms with Gasteiger partial charge in [0.2, 0.25) is 0 Å². The van der Waals surface area contributed by atoms with Crippen molar-refractivity contribution in [2.75, 3.05) is 0 Å². The highest BCUT2D eigenvalue weighted by atomic mass is 35.5. The maximum atomic E-state index is 8.81. The fraction of sp³-hybridized carbons (Fsp3) is 0.636. The molecule has 1 heterocycles. The van der Waals surface area contributed by atoms with Crippen LogP contribution in [0.3, 0.4) is 0 Å². The lowest BCUT2D eigenvalue weighted by Crippen LogP contribution is -2.08. The summed E-state index contributed by atoms with van der Waals surface area (Å²) in [6.07, 6.45) is 4.49. The van der Waals surface area contributed by atoms with Gasteiger partial charge in [-0.25, -0.2) is 0 Å². The Morgan fingerprint density at radius 2 is 2.13 bits per heavy atom. The zero-order valence-electron chi connectivity index (χ0n) is 9.11. The molecule has 1 aromatic rings. The van der Waals surface area contributed by atoms with Crippen LogP contribution in [0, 0.1) is 0 Å². The van der Waals surface area contributed by atoms with E-state index in [0.29, 0.717) is 5.76 Å². The highest BCUT2D eigenvalue weighted by molar-refractivity contribution is 5.85. The average Bonchev–Trinajstić information content (AvgIpc) is 2.66. The van der Waals surface area contributed by atoms with E-state index in [2.05, 4.69) is 6.92 Å². The second-order valence-electron chi connectivity index (χ2n) is 3.56. The normalized spacial score (nSPS) is 12.2. The molecule has 0 amide bonds. The summed E-state index contributed by atoms with van der Waals surface area (Å²) in [6.45, 7) is 2.12. The fourth-order valence-corrected chi connectivity index (χ4v) is 1.44. The van der Waals surface area contributed by atoms with Crippen LogP contribution in [0.4, 0.5) is 0 Å². The number of furan rings is 1. The first-order valence-corrected chi connectivity index (χ1v) is 5.23. The lowest BCUT2D eigenvalue weighted by molar-refractivity contribution is 0.241. The first-order valence-electron chi connectivity index (χ1n) is 5.23. The quantitative estimate of drug-likeness (QED) is 0.743. The molecule has 0 aromatic carbocycles. The zero-order valence-corrected chi connectivity index (χ0v) is 9.93. The second kappa shape index (κ2) is 7.74. The number of hydrogen-bond acceptors (Lipinski definition) is 3. The minimum atomic E-state index is -0.0539. The van der Waals surface area contributed by atoms with E-state index in [1.54, 1.807) is 6.07 Å². The molecule has 0 saturated heterocycles. The Kier molecular flexibility index (Phi) is 7.48. The Balaban J connectivity index is 0.00000196. The van der Waals surface area contributed by atoms with Crippen LogP contribution in [0.25, 0.3) is 0 Å². The summed E-state index contributed by atoms with van der Waals surface area (Å²) in [7, 11) is 0. The number of hydrogen-bond donors (Lipinski definition) is 2. The number of nitrogens with two attached hydrogens (primary N) is 1. The molecule has 3 N–H and O–H groups in total. The lowest BCUT2D eigenvalue weighted by Gasteiger charge is -2.07. The van der Waals surface area contributed by atoms with Gasteiger partial charge in [-0.2, -0.15) is 0 Å². The predicted molar refractivity (Wildman–Crippen MR) is 62.9 cm³/mol. The van der Waals surface area contributed by atoms with Gasteiger partial charge in [0.05, 0.1) is 6.04 Å². The van der Waals surface area contributed by atoms with E-state index in [-0.39, 0.29) is 25.1 Å². The van der Waals surface area contributed by atoms with Crippen molar-refractivity contribution in [3.8, 4) is 0 Å². The third-order valence-corrected chi connectivity index (χ3v) is 2.32. The molecule has 1 atom stereocenters. The number of aliphatic hydroxyl groups is 1. The van der Waals surface area contributed by atoms with E-state index < -0.39 is 0 Å². The fourth-order valence-electron chi connectivity index (χ4n) is 1.44. The van der Waals surface area contributed by atoms with Crippen LogP contribution in [0.5, 0.6) is 0 Å². The molecule has 88 valence electrons. The van der Waals surface area contributed by atoms with Crippen molar-refractivity contribution in [1.82, 2.24) is 0 Å². The van der Waals surface area contributed by atoms with Crippen LogP contribution < -0.4 is 5.73 Å². The van der Waals surface area contributed by atoms with Gasteiger partial charge in [-0.15, -0.1) is 12.4 Å². The third kappa shape index (κ3) is 4.69. The van der Waals surface area contributed by atoms with Crippen LogP contribution in [-0.4, -0.2) is 5.11 Å². The minimum Gasteiger partial charge on any atom is -0.462 e. The maximum Gasteiger partial charge on any atom is 0.129 e. The highest BCUT2D eigenvalue weighted by Gasteiger charge is 2.09. The number of unbranched alkanes of at least 4 members (excludes halogenated alkanes) is 2. The molecule has 0 aliphatic rings. The van der Waals surface area contributed by atoms with Crippen molar-refractivity contribution >= 4 is 12.4 Å².